The van der Waals surface area contributed by atoms with Gasteiger partial charge in [-0.2, -0.15) is 4.31 Å². The van der Waals surface area contributed by atoms with Crippen molar-refractivity contribution >= 4 is 27.5 Å². The molecule has 1 aliphatic heterocycles. The van der Waals surface area contributed by atoms with Crippen LogP contribution in [0.5, 0.6) is 0 Å². The van der Waals surface area contributed by atoms with Crippen LogP contribution in [0, 0.1) is 5.92 Å². The van der Waals surface area contributed by atoms with E-state index < -0.39 is 10.0 Å². The average Bonchev–Trinajstić information content (AvgIpc) is 3.51. The van der Waals surface area contributed by atoms with Gasteiger partial charge in [0.1, 0.15) is 0 Å². The van der Waals surface area contributed by atoms with Crippen LogP contribution < -0.4 is 10.6 Å². The number of nitrogens with one attached hydrogen (secondary N) is 2. The minimum Gasteiger partial charge on any atom is -0.356 e. The lowest BCUT2D eigenvalue weighted by Crippen LogP contribution is -2.35. The molecular weight excluding hydrogens is 366 g/mol. The number of nitrogens with zero attached hydrogens (tertiary/aromatic N) is 1. The highest BCUT2D eigenvalue weighted by molar-refractivity contribution is 7.89. The molecule has 27 heavy (non-hydrogen) atoms. The predicted octanol–water partition coefficient (Wildman–Crippen LogP) is 2.11. The van der Waals surface area contributed by atoms with Crippen LogP contribution in [0.15, 0.2) is 29.2 Å². The van der Waals surface area contributed by atoms with E-state index in [1.54, 1.807) is 18.2 Å². The fourth-order valence-electron chi connectivity index (χ4n) is 3.16. The molecule has 148 valence electrons. The number of piperidine rings is 1. The van der Waals surface area contributed by atoms with Crippen LogP contribution in [0.1, 0.15) is 44.9 Å². The van der Waals surface area contributed by atoms with Gasteiger partial charge in [-0.1, -0.05) is 12.5 Å². The molecule has 7 nitrogen and oxygen atoms in total. The first-order valence-corrected chi connectivity index (χ1v) is 11.1. The van der Waals surface area contributed by atoms with E-state index in [-0.39, 0.29) is 29.0 Å². The molecule has 3 rings (SSSR count). The number of carbonyl (C=O) groups is 2. The number of rotatable bonds is 8. The van der Waals surface area contributed by atoms with Crippen molar-refractivity contribution < 1.29 is 18.0 Å². The topological polar surface area (TPSA) is 95.6 Å². The van der Waals surface area contributed by atoms with Crippen LogP contribution in [-0.2, 0) is 19.6 Å². The first kappa shape index (κ1) is 19.8. The zero-order valence-electron chi connectivity index (χ0n) is 15.4. The molecule has 8 heteroatoms. The molecule has 0 bridgehead atoms. The van der Waals surface area contributed by atoms with E-state index >= 15 is 0 Å². The fourth-order valence-corrected chi connectivity index (χ4v) is 4.73. The van der Waals surface area contributed by atoms with Gasteiger partial charge in [0.05, 0.1) is 4.90 Å². The molecule has 1 aliphatic carbocycles. The highest BCUT2D eigenvalue weighted by atomic mass is 32.2. The van der Waals surface area contributed by atoms with E-state index in [4.69, 9.17) is 0 Å². The van der Waals surface area contributed by atoms with Gasteiger partial charge in [-0.25, -0.2) is 8.42 Å². The second kappa shape index (κ2) is 8.84. The maximum absolute atomic E-state index is 12.7. The lowest BCUT2D eigenvalue weighted by Gasteiger charge is -2.26. The fraction of sp³-hybridized carbons (Fsp3) is 0.579. The van der Waals surface area contributed by atoms with Gasteiger partial charge in [-0.05, 0) is 50.3 Å². The number of carbonyl (C=O) groups excluding carboxylic acids is 2. The molecule has 0 atom stereocenters. The van der Waals surface area contributed by atoms with E-state index in [0.29, 0.717) is 31.7 Å². The Balaban J connectivity index is 1.50. The number of sulfonamides is 1. The maximum Gasteiger partial charge on any atom is 0.243 e. The number of hydrogen-bond donors (Lipinski definition) is 2. The van der Waals surface area contributed by atoms with Crippen molar-refractivity contribution in [1.29, 1.82) is 0 Å². The zero-order valence-corrected chi connectivity index (χ0v) is 16.3. The molecule has 1 aromatic rings. The molecule has 1 saturated carbocycles. The molecular formula is C19H27N3O4S. The SMILES string of the molecule is O=C(CCCNC(=O)C1CC1)Nc1cccc(S(=O)(=O)N2CCCCC2)c1. The molecule has 0 radical (unpaired) electrons. The Morgan fingerprint density at radius 3 is 2.56 bits per heavy atom. The van der Waals surface area contributed by atoms with Crippen molar-refractivity contribution in [2.24, 2.45) is 5.92 Å². The van der Waals surface area contributed by atoms with Gasteiger partial charge in [0.15, 0.2) is 0 Å². The van der Waals surface area contributed by atoms with E-state index in [1.165, 1.54) is 10.4 Å². The Hall–Kier alpha value is -1.93. The maximum atomic E-state index is 12.7. The summed E-state index contributed by atoms with van der Waals surface area (Å²) in [5.74, 6) is 0.0534. The molecule has 2 amide bonds. The summed E-state index contributed by atoms with van der Waals surface area (Å²) >= 11 is 0. The molecule has 2 fully saturated rings. The number of amides is 2. The van der Waals surface area contributed by atoms with Gasteiger partial charge in [-0.3, -0.25) is 9.59 Å². The van der Waals surface area contributed by atoms with Crippen LogP contribution in [0.3, 0.4) is 0 Å². The van der Waals surface area contributed by atoms with Gasteiger partial charge >= 0.3 is 0 Å². The number of hydrogen-bond acceptors (Lipinski definition) is 4. The Labute approximate surface area is 160 Å². The van der Waals surface area contributed by atoms with Gasteiger partial charge in [0.2, 0.25) is 21.8 Å². The summed E-state index contributed by atoms with van der Waals surface area (Å²) in [5.41, 5.74) is 0.472. The minimum atomic E-state index is -3.52. The first-order chi connectivity index (χ1) is 13.0. The molecule has 1 aromatic carbocycles. The quantitative estimate of drug-likeness (QED) is 0.661. The van der Waals surface area contributed by atoms with E-state index in [9.17, 15) is 18.0 Å². The van der Waals surface area contributed by atoms with E-state index in [2.05, 4.69) is 10.6 Å². The van der Waals surface area contributed by atoms with Crippen LogP contribution in [0.25, 0.3) is 0 Å². The van der Waals surface area contributed by atoms with Crippen molar-refractivity contribution in [1.82, 2.24) is 9.62 Å². The Kier molecular flexibility index (Phi) is 6.49. The average molecular weight is 394 g/mol. The van der Waals surface area contributed by atoms with Gasteiger partial charge in [0, 0.05) is 37.7 Å². The van der Waals surface area contributed by atoms with Crippen molar-refractivity contribution in [3.8, 4) is 0 Å². The summed E-state index contributed by atoms with van der Waals surface area (Å²) in [6.45, 7) is 1.57. The second-order valence-corrected chi connectivity index (χ2v) is 9.15. The predicted molar refractivity (Wildman–Crippen MR) is 103 cm³/mol. The molecule has 0 unspecified atom stereocenters. The van der Waals surface area contributed by atoms with E-state index in [1.807, 2.05) is 0 Å². The zero-order chi connectivity index (χ0) is 19.3. The Morgan fingerprint density at radius 2 is 1.85 bits per heavy atom. The molecule has 1 saturated heterocycles. The van der Waals surface area contributed by atoms with Crippen molar-refractivity contribution in [3.63, 3.8) is 0 Å². The highest BCUT2D eigenvalue weighted by Gasteiger charge is 2.29. The van der Waals surface area contributed by atoms with E-state index in [0.717, 1.165) is 32.1 Å². The number of benzene rings is 1. The third-order valence-corrected chi connectivity index (χ3v) is 6.79. The lowest BCUT2D eigenvalue weighted by molar-refractivity contribution is -0.122. The Morgan fingerprint density at radius 1 is 1.11 bits per heavy atom. The van der Waals surface area contributed by atoms with Crippen LogP contribution in [-0.4, -0.2) is 44.2 Å². The van der Waals surface area contributed by atoms with Crippen LogP contribution >= 0.6 is 0 Å². The molecule has 0 spiro atoms. The smallest absolute Gasteiger partial charge is 0.243 e. The third-order valence-electron chi connectivity index (χ3n) is 4.90. The summed E-state index contributed by atoms with van der Waals surface area (Å²) in [5, 5.41) is 5.57. The van der Waals surface area contributed by atoms with Gasteiger partial charge < -0.3 is 10.6 Å². The summed E-state index contributed by atoms with van der Waals surface area (Å²) in [7, 11) is -3.52. The van der Waals surface area contributed by atoms with Gasteiger partial charge in [-0.15, -0.1) is 0 Å². The van der Waals surface area contributed by atoms with Crippen LogP contribution in [0.4, 0.5) is 5.69 Å². The molecule has 0 aromatic heterocycles. The second-order valence-electron chi connectivity index (χ2n) is 7.21. The summed E-state index contributed by atoms with van der Waals surface area (Å²) in [6, 6.07) is 6.40. The largest absolute Gasteiger partial charge is 0.356 e. The molecule has 1 heterocycles. The molecule has 2 N–H and O–H groups in total. The number of anilines is 1. The normalized spacial score (nSPS) is 18.1. The van der Waals surface area contributed by atoms with Crippen molar-refractivity contribution in [3.05, 3.63) is 24.3 Å². The summed E-state index contributed by atoms with van der Waals surface area (Å²) in [6.07, 6.45) is 5.57. The van der Waals surface area contributed by atoms with Gasteiger partial charge in [0.25, 0.3) is 0 Å². The Bertz CT molecular complexity index is 784. The molecule has 2 aliphatic rings. The standard InChI is InChI=1S/C19H27N3O4S/c23-18(8-5-11-20-19(24)15-9-10-15)21-16-6-4-7-17(14-16)27(25,26)22-12-2-1-3-13-22/h4,6-7,14-15H,1-3,5,8-13H2,(H,20,24)(H,21,23). The summed E-state index contributed by atoms with van der Waals surface area (Å²) < 4.78 is 27.0. The van der Waals surface area contributed by atoms with Crippen molar-refractivity contribution in [2.75, 3.05) is 25.0 Å². The van der Waals surface area contributed by atoms with Crippen LogP contribution in [0.2, 0.25) is 0 Å². The minimum absolute atomic E-state index is 0.0750. The monoisotopic (exact) mass is 393 g/mol. The third kappa shape index (κ3) is 5.52. The summed E-state index contributed by atoms with van der Waals surface area (Å²) in [4.78, 5) is 23.8. The highest BCUT2D eigenvalue weighted by Crippen LogP contribution is 2.28. The lowest BCUT2D eigenvalue weighted by atomic mass is 10.2. The van der Waals surface area contributed by atoms with Crippen molar-refractivity contribution in [2.45, 2.75) is 49.8 Å². The first-order valence-electron chi connectivity index (χ1n) is 9.64.